The average molecular weight is 308 g/mol. The summed E-state index contributed by atoms with van der Waals surface area (Å²) in [5.74, 6) is 0.261. The summed E-state index contributed by atoms with van der Waals surface area (Å²) >= 11 is 0. The van der Waals surface area contributed by atoms with E-state index in [1.165, 1.54) is 0 Å². The van der Waals surface area contributed by atoms with Crippen LogP contribution in [0.2, 0.25) is 0 Å². The number of hydrogen-bond donors (Lipinski definition) is 4. The fourth-order valence-electron chi connectivity index (χ4n) is 1.68. The van der Waals surface area contributed by atoms with E-state index in [1.807, 2.05) is 13.8 Å². The van der Waals surface area contributed by atoms with E-state index in [2.05, 4.69) is 15.2 Å². The summed E-state index contributed by atoms with van der Waals surface area (Å²) < 4.78 is 24.1. The molecule has 0 saturated carbocycles. The summed E-state index contributed by atoms with van der Waals surface area (Å²) in [4.78, 5) is 0. The monoisotopic (exact) mass is 308 g/mol. The van der Waals surface area contributed by atoms with Crippen LogP contribution in [0.15, 0.2) is 5.16 Å². The smallest absolute Gasteiger partial charge is 0.208 e. The fraction of sp³-hybridized carbons (Fsp3) is 0.917. The molecule has 0 heterocycles. The molecule has 0 aromatic carbocycles. The summed E-state index contributed by atoms with van der Waals surface area (Å²) in [6, 6.07) is 0. The van der Waals surface area contributed by atoms with Crippen LogP contribution < -0.4 is 15.8 Å². The third kappa shape index (κ3) is 9.99. The molecule has 0 aliphatic rings. The molecule has 0 atom stereocenters. The van der Waals surface area contributed by atoms with Crippen molar-refractivity contribution in [1.29, 1.82) is 0 Å². The molecule has 7 nitrogen and oxygen atoms in total. The van der Waals surface area contributed by atoms with Crippen molar-refractivity contribution in [2.45, 2.75) is 39.5 Å². The van der Waals surface area contributed by atoms with Crippen LogP contribution in [0.4, 0.5) is 0 Å². The first-order chi connectivity index (χ1) is 9.19. The molecule has 0 fully saturated rings. The van der Waals surface area contributed by atoms with Crippen molar-refractivity contribution in [3.63, 3.8) is 0 Å². The quantitative estimate of drug-likeness (QED) is 0.145. The molecular weight excluding hydrogens is 280 g/mol. The van der Waals surface area contributed by atoms with Crippen molar-refractivity contribution >= 4 is 15.9 Å². The highest BCUT2D eigenvalue weighted by Crippen LogP contribution is 2.22. The van der Waals surface area contributed by atoms with Gasteiger partial charge in [-0.15, -0.1) is 0 Å². The van der Waals surface area contributed by atoms with Gasteiger partial charge in [0, 0.05) is 12.0 Å². The number of nitrogens with one attached hydrogen (secondary N) is 2. The van der Waals surface area contributed by atoms with Crippen LogP contribution in [0, 0.1) is 5.41 Å². The van der Waals surface area contributed by atoms with Gasteiger partial charge < -0.3 is 16.3 Å². The second-order valence-electron chi connectivity index (χ2n) is 5.60. The number of nitrogens with zero attached hydrogens (tertiary/aromatic N) is 1. The largest absolute Gasteiger partial charge is 0.409 e. The molecule has 0 unspecified atom stereocenters. The van der Waals surface area contributed by atoms with Gasteiger partial charge in [-0.25, -0.2) is 13.1 Å². The number of unbranched alkanes of at least 4 members (excludes halogenated alkanes) is 1. The standard InChI is InChI=1S/C12H28N4O3S/c1-12(2,11(13)16-17)7-4-5-8-14-9-6-10-15-20(3,18)19/h14-15,17H,4-10H2,1-3H3,(H2,13,16). The van der Waals surface area contributed by atoms with Gasteiger partial charge in [-0.1, -0.05) is 25.4 Å². The minimum absolute atomic E-state index is 0.261. The summed E-state index contributed by atoms with van der Waals surface area (Å²) in [5.41, 5.74) is 5.33. The topological polar surface area (TPSA) is 117 Å². The van der Waals surface area contributed by atoms with Gasteiger partial charge in [0.1, 0.15) is 5.84 Å². The molecule has 0 amide bonds. The molecule has 5 N–H and O–H groups in total. The van der Waals surface area contributed by atoms with Gasteiger partial charge in [0.25, 0.3) is 0 Å². The summed E-state index contributed by atoms with van der Waals surface area (Å²) in [5, 5.41) is 15.0. The highest BCUT2D eigenvalue weighted by atomic mass is 32.2. The fourth-order valence-corrected chi connectivity index (χ4v) is 2.19. The lowest BCUT2D eigenvalue weighted by Gasteiger charge is -2.22. The van der Waals surface area contributed by atoms with Crippen LogP contribution in [-0.4, -0.2) is 45.4 Å². The first-order valence-electron chi connectivity index (χ1n) is 6.82. The second kappa shape index (κ2) is 9.15. The molecule has 120 valence electrons. The number of rotatable bonds is 11. The predicted octanol–water partition coefficient (Wildman–Crippen LogP) is 0.458. The molecule has 0 aliphatic heterocycles. The second-order valence-corrected chi connectivity index (χ2v) is 7.43. The first-order valence-corrected chi connectivity index (χ1v) is 8.71. The predicted molar refractivity (Wildman–Crippen MR) is 81.4 cm³/mol. The lowest BCUT2D eigenvalue weighted by molar-refractivity contribution is 0.304. The molecule has 0 spiro atoms. The Bertz CT molecular complexity index is 394. The van der Waals surface area contributed by atoms with E-state index in [0.717, 1.165) is 45.0 Å². The molecule has 0 aromatic rings. The van der Waals surface area contributed by atoms with Crippen LogP contribution >= 0.6 is 0 Å². The minimum Gasteiger partial charge on any atom is -0.409 e. The van der Waals surface area contributed by atoms with Crippen molar-refractivity contribution in [2.24, 2.45) is 16.3 Å². The number of oxime groups is 1. The van der Waals surface area contributed by atoms with E-state index in [1.54, 1.807) is 0 Å². The highest BCUT2D eigenvalue weighted by Gasteiger charge is 2.22. The number of amidine groups is 1. The molecule has 0 radical (unpaired) electrons. The number of hydrogen-bond acceptors (Lipinski definition) is 5. The van der Waals surface area contributed by atoms with Crippen LogP contribution in [0.5, 0.6) is 0 Å². The van der Waals surface area contributed by atoms with Gasteiger partial charge in [-0.2, -0.15) is 0 Å². The molecule has 0 bridgehead atoms. The van der Waals surface area contributed by atoms with Crippen molar-refractivity contribution in [3.8, 4) is 0 Å². The van der Waals surface area contributed by atoms with Gasteiger partial charge in [0.2, 0.25) is 10.0 Å². The third-order valence-corrected chi connectivity index (χ3v) is 3.83. The van der Waals surface area contributed by atoms with Gasteiger partial charge in [0.15, 0.2) is 0 Å². The molecule has 8 heteroatoms. The van der Waals surface area contributed by atoms with Crippen LogP contribution in [-0.2, 0) is 10.0 Å². The van der Waals surface area contributed by atoms with Crippen LogP contribution in [0.25, 0.3) is 0 Å². The van der Waals surface area contributed by atoms with E-state index < -0.39 is 10.0 Å². The Morgan fingerprint density at radius 1 is 1.20 bits per heavy atom. The van der Waals surface area contributed by atoms with Crippen LogP contribution in [0.1, 0.15) is 39.5 Å². The van der Waals surface area contributed by atoms with E-state index in [9.17, 15) is 8.42 Å². The van der Waals surface area contributed by atoms with Gasteiger partial charge in [0.05, 0.1) is 6.26 Å². The third-order valence-electron chi connectivity index (χ3n) is 3.10. The number of sulfonamides is 1. The normalized spacial score (nSPS) is 13.7. The van der Waals surface area contributed by atoms with Gasteiger partial charge in [-0.3, -0.25) is 0 Å². The van der Waals surface area contributed by atoms with Crippen molar-refractivity contribution in [3.05, 3.63) is 0 Å². The lowest BCUT2D eigenvalue weighted by atomic mass is 9.86. The highest BCUT2D eigenvalue weighted by molar-refractivity contribution is 7.88. The molecule has 0 aliphatic carbocycles. The van der Waals surface area contributed by atoms with Crippen molar-refractivity contribution in [1.82, 2.24) is 10.0 Å². The Kier molecular flexibility index (Phi) is 8.75. The lowest BCUT2D eigenvalue weighted by Crippen LogP contribution is -2.32. The minimum atomic E-state index is -3.07. The Balaban J connectivity index is 3.50. The zero-order chi connectivity index (χ0) is 15.6. The average Bonchev–Trinajstić information content (AvgIpc) is 2.34. The van der Waals surface area contributed by atoms with Gasteiger partial charge >= 0.3 is 0 Å². The first kappa shape index (κ1) is 19.1. The maximum atomic E-state index is 10.8. The van der Waals surface area contributed by atoms with E-state index >= 15 is 0 Å². The Labute approximate surface area is 122 Å². The van der Waals surface area contributed by atoms with E-state index in [-0.39, 0.29) is 11.3 Å². The summed E-state index contributed by atoms with van der Waals surface area (Å²) in [6.45, 7) is 6.03. The van der Waals surface area contributed by atoms with Crippen LogP contribution in [0.3, 0.4) is 0 Å². The van der Waals surface area contributed by atoms with E-state index in [0.29, 0.717) is 6.54 Å². The summed E-state index contributed by atoms with van der Waals surface area (Å²) in [6.07, 6.45) is 4.77. The zero-order valence-corrected chi connectivity index (χ0v) is 13.5. The molecule has 0 rings (SSSR count). The van der Waals surface area contributed by atoms with Gasteiger partial charge in [-0.05, 0) is 32.4 Å². The number of nitrogens with two attached hydrogens (primary N) is 1. The molecule has 0 saturated heterocycles. The maximum Gasteiger partial charge on any atom is 0.208 e. The maximum absolute atomic E-state index is 10.8. The Morgan fingerprint density at radius 2 is 1.80 bits per heavy atom. The Hall–Kier alpha value is -0.860. The zero-order valence-electron chi connectivity index (χ0n) is 12.6. The van der Waals surface area contributed by atoms with Crippen molar-refractivity contribution < 1.29 is 13.6 Å². The van der Waals surface area contributed by atoms with Crippen molar-refractivity contribution in [2.75, 3.05) is 25.9 Å². The summed E-state index contributed by atoms with van der Waals surface area (Å²) in [7, 11) is -3.07. The van der Waals surface area contributed by atoms with E-state index in [4.69, 9.17) is 10.9 Å². The molecule has 20 heavy (non-hydrogen) atoms. The Morgan fingerprint density at radius 3 is 2.35 bits per heavy atom. The molecule has 0 aromatic heterocycles. The molecular formula is C12H28N4O3S. The SMILES string of the molecule is CC(C)(CCCCNCCCNS(C)(=O)=O)C(N)=NO.